The van der Waals surface area contributed by atoms with Gasteiger partial charge in [0.05, 0.1) is 0 Å². The van der Waals surface area contributed by atoms with Crippen LogP contribution in [-0.4, -0.2) is 24.5 Å². The topological polar surface area (TPSA) is 29.3 Å². The van der Waals surface area contributed by atoms with Crippen LogP contribution in [0.5, 0.6) is 0 Å². The van der Waals surface area contributed by atoms with E-state index in [2.05, 4.69) is 59.1 Å². The van der Waals surface area contributed by atoms with Crippen molar-refractivity contribution < 1.29 is 0 Å². The van der Waals surface area contributed by atoms with E-state index < -0.39 is 0 Å². The Hall–Kier alpha value is -0.380. The predicted octanol–water partition coefficient (Wildman–Crippen LogP) is 4.35. The minimum absolute atomic E-state index is 0.500. The van der Waals surface area contributed by atoms with Crippen molar-refractivity contribution in [2.24, 2.45) is 11.7 Å². The SMILES string of the molecule is CCC(c1ccc(Br)cc1)N(C)C1CCCCC1CN. The quantitative estimate of drug-likeness (QED) is 0.864. The highest BCUT2D eigenvalue weighted by atomic mass is 79.9. The molecule has 20 heavy (non-hydrogen) atoms. The van der Waals surface area contributed by atoms with E-state index in [1.165, 1.54) is 31.2 Å². The van der Waals surface area contributed by atoms with E-state index in [0.717, 1.165) is 17.4 Å². The summed E-state index contributed by atoms with van der Waals surface area (Å²) < 4.78 is 1.15. The van der Waals surface area contributed by atoms with Gasteiger partial charge < -0.3 is 5.73 Å². The number of rotatable bonds is 5. The molecule has 2 N–H and O–H groups in total. The summed E-state index contributed by atoms with van der Waals surface area (Å²) in [4.78, 5) is 2.58. The van der Waals surface area contributed by atoms with Gasteiger partial charge in [-0.2, -0.15) is 0 Å². The van der Waals surface area contributed by atoms with Crippen molar-refractivity contribution in [2.45, 2.75) is 51.1 Å². The summed E-state index contributed by atoms with van der Waals surface area (Å²) in [5.74, 6) is 0.665. The number of halogens is 1. The predicted molar refractivity (Wildman–Crippen MR) is 89.7 cm³/mol. The van der Waals surface area contributed by atoms with E-state index in [-0.39, 0.29) is 0 Å². The van der Waals surface area contributed by atoms with E-state index in [1.54, 1.807) is 0 Å². The van der Waals surface area contributed by atoms with Crippen LogP contribution in [0.3, 0.4) is 0 Å². The van der Waals surface area contributed by atoms with Crippen molar-refractivity contribution in [1.29, 1.82) is 0 Å². The standard InChI is InChI=1S/C17H27BrN2/c1-3-16(13-8-10-15(18)11-9-13)20(2)17-7-5-4-6-14(17)12-19/h8-11,14,16-17H,3-7,12,19H2,1-2H3. The van der Waals surface area contributed by atoms with Crippen molar-refractivity contribution in [3.63, 3.8) is 0 Å². The lowest BCUT2D eigenvalue weighted by molar-refractivity contribution is 0.0895. The molecule has 1 aromatic carbocycles. The second kappa shape index (κ2) is 7.58. The summed E-state index contributed by atoms with van der Waals surface area (Å²) >= 11 is 3.52. The minimum Gasteiger partial charge on any atom is -0.330 e. The summed E-state index contributed by atoms with van der Waals surface area (Å²) in [5.41, 5.74) is 7.41. The Balaban J connectivity index is 2.15. The molecule has 0 aromatic heterocycles. The Kier molecular flexibility index (Phi) is 6.06. The third-order valence-corrected chi connectivity index (χ3v) is 5.36. The zero-order chi connectivity index (χ0) is 14.5. The molecule has 0 heterocycles. The van der Waals surface area contributed by atoms with E-state index in [9.17, 15) is 0 Å². The molecule has 0 saturated heterocycles. The van der Waals surface area contributed by atoms with Gasteiger partial charge in [0, 0.05) is 16.6 Å². The van der Waals surface area contributed by atoms with Crippen LogP contribution >= 0.6 is 15.9 Å². The third-order valence-electron chi connectivity index (χ3n) is 4.83. The molecular weight excluding hydrogens is 312 g/mol. The van der Waals surface area contributed by atoms with Crippen LogP contribution < -0.4 is 5.73 Å². The van der Waals surface area contributed by atoms with Crippen LogP contribution in [0.25, 0.3) is 0 Å². The maximum Gasteiger partial charge on any atom is 0.0345 e. The molecule has 1 aliphatic carbocycles. The largest absolute Gasteiger partial charge is 0.330 e. The second-order valence-corrected chi connectivity index (χ2v) is 6.90. The monoisotopic (exact) mass is 338 g/mol. The second-order valence-electron chi connectivity index (χ2n) is 5.99. The first-order chi connectivity index (χ1) is 9.67. The number of benzene rings is 1. The van der Waals surface area contributed by atoms with Crippen molar-refractivity contribution in [1.82, 2.24) is 4.90 Å². The van der Waals surface area contributed by atoms with Gasteiger partial charge in [-0.05, 0) is 56.5 Å². The van der Waals surface area contributed by atoms with Gasteiger partial charge in [0.25, 0.3) is 0 Å². The summed E-state index contributed by atoms with van der Waals surface area (Å²) in [7, 11) is 2.29. The first-order valence-electron chi connectivity index (χ1n) is 7.84. The van der Waals surface area contributed by atoms with Crippen molar-refractivity contribution in [3.8, 4) is 0 Å². The smallest absolute Gasteiger partial charge is 0.0345 e. The molecule has 0 bridgehead atoms. The normalized spacial score (nSPS) is 24.9. The van der Waals surface area contributed by atoms with Gasteiger partial charge in [0.1, 0.15) is 0 Å². The van der Waals surface area contributed by atoms with Crippen molar-refractivity contribution >= 4 is 15.9 Å². The number of nitrogens with two attached hydrogens (primary N) is 1. The Morgan fingerprint density at radius 2 is 1.90 bits per heavy atom. The van der Waals surface area contributed by atoms with E-state index in [0.29, 0.717) is 18.0 Å². The Labute approximate surface area is 131 Å². The maximum atomic E-state index is 6.00. The Morgan fingerprint density at radius 3 is 2.50 bits per heavy atom. The molecule has 0 radical (unpaired) electrons. The maximum absolute atomic E-state index is 6.00. The molecule has 0 aliphatic heterocycles. The first-order valence-corrected chi connectivity index (χ1v) is 8.64. The molecular formula is C17H27BrN2. The Morgan fingerprint density at radius 1 is 1.25 bits per heavy atom. The molecule has 0 amide bonds. The van der Waals surface area contributed by atoms with Crippen molar-refractivity contribution in [2.75, 3.05) is 13.6 Å². The molecule has 3 atom stereocenters. The fraction of sp³-hybridized carbons (Fsp3) is 0.647. The summed E-state index contributed by atoms with van der Waals surface area (Å²) in [6.07, 6.45) is 6.43. The van der Waals surface area contributed by atoms with E-state index >= 15 is 0 Å². The summed E-state index contributed by atoms with van der Waals surface area (Å²) in [6, 6.07) is 9.92. The van der Waals surface area contributed by atoms with E-state index in [1.807, 2.05) is 0 Å². The molecule has 1 saturated carbocycles. The highest BCUT2D eigenvalue weighted by Crippen LogP contribution is 2.34. The van der Waals surface area contributed by atoms with Gasteiger partial charge in [-0.15, -0.1) is 0 Å². The molecule has 1 aromatic rings. The van der Waals surface area contributed by atoms with Gasteiger partial charge in [-0.25, -0.2) is 0 Å². The lowest BCUT2D eigenvalue weighted by atomic mass is 9.82. The molecule has 112 valence electrons. The summed E-state index contributed by atoms with van der Waals surface area (Å²) in [6.45, 7) is 3.11. The number of hydrogen-bond donors (Lipinski definition) is 1. The van der Waals surface area contributed by atoms with E-state index in [4.69, 9.17) is 5.73 Å². The first kappa shape index (κ1) is 16.0. The van der Waals surface area contributed by atoms with Crippen LogP contribution in [0.4, 0.5) is 0 Å². The van der Waals surface area contributed by atoms with Gasteiger partial charge in [-0.3, -0.25) is 4.90 Å². The fourth-order valence-corrected chi connectivity index (χ4v) is 3.94. The molecule has 0 spiro atoms. The molecule has 1 aliphatic rings. The average Bonchev–Trinajstić information content (AvgIpc) is 2.49. The van der Waals surface area contributed by atoms with Crippen LogP contribution in [0, 0.1) is 5.92 Å². The molecule has 2 rings (SSSR count). The van der Waals surface area contributed by atoms with Gasteiger partial charge in [0.15, 0.2) is 0 Å². The number of nitrogens with zero attached hydrogens (tertiary/aromatic N) is 1. The van der Waals surface area contributed by atoms with Crippen molar-refractivity contribution in [3.05, 3.63) is 34.3 Å². The molecule has 1 fully saturated rings. The van der Waals surface area contributed by atoms with Crippen LogP contribution in [0.1, 0.15) is 50.6 Å². The average molecular weight is 339 g/mol. The lowest BCUT2D eigenvalue weighted by Crippen LogP contribution is -2.44. The van der Waals surface area contributed by atoms with Crippen LogP contribution in [0.2, 0.25) is 0 Å². The highest BCUT2D eigenvalue weighted by Gasteiger charge is 2.30. The fourth-order valence-electron chi connectivity index (χ4n) is 3.67. The lowest BCUT2D eigenvalue weighted by Gasteiger charge is -2.41. The third kappa shape index (κ3) is 3.63. The van der Waals surface area contributed by atoms with Crippen LogP contribution in [0.15, 0.2) is 28.7 Å². The minimum atomic E-state index is 0.500. The zero-order valence-electron chi connectivity index (χ0n) is 12.7. The van der Waals surface area contributed by atoms with Crippen LogP contribution in [-0.2, 0) is 0 Å². The zero-order valence-corrected chi connectivity index (χ0v) is 14.3. The summed E-state index contributed by atoms with van der Waals surface area (Å²) in [5, 5.41) is 0. The van der Waals surface area contributed by atoms with Gasteiger partial charge in [0.2, 0.25) is 0 Å². The number of hydrogen-bond acceptors (Lipinski definition) is 2. The highest BCUT2D eigenvalue weighted by molar-refractivity contribution is 9.10. The van der Waals surface area contributed by atoms with Gasteiger partial charge >= 0.3 is 0 Å². The molecule has 2 nitrogen and oxygen atoms in total. The molecule has 3 unspecified atom stereocenters. The van der Waals surface area contributed by atoms with Gasteiger partial charge in [-0.1, -0.05) is 47.8 Å². The Bertz CT molecular complexity index is 404. The molecule has 3 heteroatoms.